The van der Waals surface area contributed by atoms with Crippen LogP contribution in [0.4, 0.5) is 8.78 Å². The maximum Gasteiger partial charge on any atom is 0.273 e. The summed E-state index contributed by atoms with van der Waals surface area (Å²) in [6.07, 6.45) is 0.773. The van der Waals surface area contributed by atoms with Crippen LogP contribution in [0.3, 0.4) is 0 Å². The van der Waals surface area contributed by atoms with Crippen molar-refractivity contribution in [1.29, 1.82) is 0 Å². The van der Waals surface area contributed by atoms with Crippen molar-refractivity contribution in [2.45, 2.75) is 18.9 Å². The van der Waals surface area contributed by atoms with E-state index in [2.05, 4.69) is 4.98 Å². The SMILES string of the molecule is O=C(c1csc(-c2ccc(F)c(F)c2)n1)N1CCC(O)CC1. The molecule has 22 heavy (non-hydrogen) atoms. The Balaban J connectivity index is 1.78. The van der Waals surface area contributed by atoms with E-state index in [0.717, 1.165) is 12.1 Å². The Morgan fingerprint density at radius 2 is 2.00 bits per heavy atom. The number of likely N-dealkylation sites (tertiary alicyclic amines) is 1. The first-order valence-electron chi connectivity index (χ1n) is 6.93. The quantitative estimate of drug-likeness (QED) is 0.924. The number of rotatable bonds is 2. The van der Waals surface area contributed by atoms with Crippen LogP contribution in [0.2, 0.25) is 0 Å². The molecule has 1 aromatic heterocycles. The van der Waals surface area contributed by atoms with Gasteiger partial charge in [-0.1, -0.05) is 0 Å². The summed E-state index contributed by atoms with van der Waals surface area (Å²) in [4.78, 5) is 18.2. The largest absolute Gasteiger partial charge is 0.393 e. The summed E-state index contributed by atoms with van der Waals surface area (Å²) in [5.41, 5.74) is 0.734. The van der Waals surface area contributed by atoms with E-state index in [-0.39, 0.29) is 12.0 Å². The molecule has 1 aromatic carbocycles. The highest BCUT2D eigenvalue weighted by atomic mass is 32.1. The first-order chi connectivity index (χ1) is 10.5. The number of aliphatic hydroxyl groups excluding tert-OH is 1. The average molecular weight is 324 g/mol. The number of amides is 1. The second kappa shape index (κ2) is 6.10. The summed E-state index contributed by atoms with van der Waals surface area (Å²) in [5.74, 6) is -2.05. The summed E-state index contributed by atoms with van der Waals surface area (Å²) in [6, 6.07) is 3.54. The van der Waals surface area contributed by atoms with E-state index in [0.29, 0.717) is 42.2 Å². The third-order valence-corrected chi connectivity index (χ3v) is 4.53. The van der Waals surface area contributed by atoms with Gasteiger partial charge in [0.25, 0.3) is 5.91 Å². The molecule has 116 valence electrons. The van der Waals surface area contributed by atoms with Crippen LogP contribution >= 0.6 is 11.3 Å². The van der Waals surface area contributed by atoms with Gasteiger partial charge in [0.05, 0.1) is 6.10 Å². The highest BCUT2D eigenvalue weighted by molar-refractivity contribution is 7.13. The molecule has 0 aliphatic carbocycles. The Labute approximate surface area is 130 Å². The lowest BCUT2D eigenvalue weighted by molar-refractivity contribution is 0.0542. The Bertz CT molecular complexity index is 697. The number of thiazole rings is 1. The van der Waals surface area contributed by atoms with Crippen LogP contribution in [0.15, 0.2) is 23.6 Å². The molecule has 4 nitrogen and oxygen atoms in total. The lowest BCUT2D eigenvalue weighted by atomic mass is 10.1. The Hall–Kier alpha value is -1.86. The highest BCUT2D eigenvalue weighted by Crippen LogP contribution is 2.26. The molecule has 1 saturated heterocycles. The van der Waals surface area contributed by atoms with Crippen LogP contribution in [-0.2, 0) is 0 Å². The van der Waals surface area contributed by atoms with E-state index >= 15 is 0 Å². The molecule has 1 aliphatic rings. The van der Waals surface area contributed by atoms with Crippen molar-refractivity contribution in [2.24, 2.45) is 0 Å². The molecule has 1 amide bonds. The summed E-state index contributed by atoms with van der Waals surface area (Å²) < 4.78 is 26.2. The molecule has 0 atom stereocenters. The molecule has 1 fully saturated rings. The molecule has 1 N–H and O–H groups in total. The summed E-state index contributed by atoms with van der Waals surface area (Å²) in [7, 11) is 0. The molecule has 0 saturated carbocycles. The van der Waals surface area contributed by atoms with Crippen molar-refractivity contribution in [3.05, 3.63) is 40.9 Å². The first-order valence-corrected chi connectivity index (χ1v) is 7.81. The third kappa shape index (κ3) is 3.00. The van der Waals surface area contributed by atoms with Gasteiger partial charge in [0.15, 0.2) is 11.6 Å². The van der Waals surface area contributed by atoms with Gasteiger partial charge in [0.1, 0.15) is 10.7 Å². The maximum absolute atomic E-state index is 13.3. The molecule has 7 heteroatoms. The van der Waals surface area contributed by atoms with Gasteiger partial charge >= 0.3 is 0 Å². The molecule has 1 aliphatic heterocycles. The minimum absolute atomic E-state index is 0.197. The van der Waals surface area contributed by atoms with Gasteiger partial charge in [-0.25, -0.2) is 13.8 Å². The van der Waals surface area contributed by atoms with Crippen LogP contribution < -0.4 is 0 Å². The second-order valence-electron chi connectivity index (χ2n) is 5.19. The number of benzene rings is 1. The maximum atomic E-state index is 13.3. The van der Waals surface area contributed by atoms with Gasteiger partial charge < -0.3 is 10.0 Å². The molecule has 0 bridgehead atoms. The number of carbonyl (C=O) groups is 1. The normalized spacial score (nSPS) is 16.0. The van der Waals surface area contributed by atoms with E-state index in [1.165, 1.54) is 17.4 Å². The summed E-state index contributed by atoms with van der Waals surface area (Å²) >= 11 is 1.21. The molecular weight excluding hydrogens is 310 g/mol. The fraction of sp³-hybridized carbons (Fsp3) is 0.333. The van der Waals surface area contributed by atoms with Crippen molar-refractivity contribution in [1.82, 2.24) is 9.88 Å². The number of piperidine rings is 1. The minimum Gasteiger partial charge on any atom is -0.393 e. The van der Waals surface area contributed by atoms with Gasteiger partial charge in [-0.2, -0.15) is 0 Å². The number of hydrogen-bond donors (Lipinski definition) is 1. The average Bonchev–Trinajstić information content (AvgIpc) is 3.00. The number of hydrogen-bond acceptors (Lipinski definition) is 4. The summed E-state index contributed by atoms with van der Waals surface area (Å²) in [6.45, 7) is 0.996. The second-order valence-corrected chi connectivity index (χ2v) is 6.05. The predicted molar refractivity (Wildman–Crippen MR) is 78.6 cm³/mol. The van der Waals surface area contributed by atoms with Crippen LogP contribution in [0.25, 0.3) is 10.6 Å². The van der Waals surface area contributed by atoms with Crippen LogP contribution in [0, 0.1) is 11.6 Å². The zero-order chi connectivity index (χ0) is 15.7. The van der Waals surface area contributed by atoms with Gasteiger partial charge in [0.2, 0.25) is 0 Å². The lowest BCUT2D eigenvalue weighted by Crippen LogP contribution is -2.40. The Kier molecular flexibility index (Phi) is 4.17. The van der Waals surface area contributed by atoms with Gasteiger partial charge in [-0.3, -0.25) is 4.79 Å². The molecule has 2 heterocycles. The zero-order valence-electron chi connectivity index (χ0n) is 11.6. The van der Waals surface area contributed by atoms with Crippen LogP contribution in [0.1, 0.15) is 23.3 Å². The van der Waals surface area contributed by atoms with E-state index in [1.54, 1.807) is 10.3 Å². The zero-order valence-corrected chi connectivity index (χ0v) is 12.4. The van der Waals surface area contributed by atoms with Crippen molar-refractivity contribution < 1.29 is 18.7 Å². The Morgan fingerprint density at radius 3 is 2.68 bits per heavy atom. The molecular formula is C15H14F2N2O2S. The topological polar surface area (TPSA) is 53.4 Å². The standard InChI is InChI=1S/C15H14F2N2O2S/c16-11-2-1-9(7-12(11)17)14-18-13(8-22-14)15(21)19-5-3-10(20)4-6-19/h1-2,7-8,10,20H,3-6H2. The Morgan fingerprint density at radius 1 is 1.27 bits per heavy atom. The van der Waals surface area contributed by atoms with Crippen molar-refractivity contribution >= 4 is 17.2 Å². The molecule has 3 rings (SSSR count). The molecule has 0 radical (unpaired) electrons. The minimum atomic E-state index is -0.939. The van der Waals surface area contributed by atoms with E-state index in [9.17, 15) is 18.7 Å². The summed E-state index contributed by atoms with van der Waals surface area (Å²) in [5, 5.41) is 11.5. The fourth-order valence-electron chi connectivity index (χ4n) is 2.36. The number of nitrogens with zero attached hydrogens (tertiary/aromatic N) is 2. The van der Waals surface area contributed by atoms with Crippen molar-refractivity contribution in [2.75, 3.05) is 13.1 Å². The predicted octanol–water partition coefficient (Wildman–Crippen LogP) is 2.69. The van der Waals surface area contributed by atoms with Crippen molar-refractivity contribution in [3.8, 4) is 10.6 Å². The molecule has 0 unspecified atom stereocenters. The van der Waals surface area contributed by atoms with Crippen LogP contribution in [-0.4, -0.2) is 40.1 Å². The van der Waals surface area contributed by atoms with Crippen LogP contribution in [0.5, 0.6) is 0 Å². The number of aliphatic hydroxyl groups is 1. The lowest BCUT2D eigenvalue weighted by Gasteiger charge is -2.28. The third-order valence-electron chi connectivity index (χ3n) is 3.64. The number of carbonyl (C=O) groups excluding carboxylic acids is 1. The van der Waals surface area contributed by atoms with Gasteiger partial charge in [0, 0.05) is 24.0 Å². The molecule has 0 spiro atoms. The number of halogens is 2. The van der Waals surface area contributed by atoms with E-state index < -0.39 is 11.6 Å². The van der Waals surface area contributed by atoms with Crippen molar-refractivity contribution in [3.63, 3.8) is 0 Å². The van der Waals surface area contributed by atoms with E-state index in [4.69, 9.17) is 0 Å². The highest BCUT2D eigenvalue weighted by Gasteiger charge is 2.24. The van der Waals surface area contributed by atoms with Gasteiger partial charge in [-0.15, -0.1) is 11.3 Å². The fourth-order valence-corrected chi connectivity index (χ4v) is 3.16. The molecule has 2 aromatic rings. The number of aromatic nitrogens is 1. The first kappa shape index (κ1) is 15.1. The van der Waals surface area contributed by atoms with E-state index in [1.807, 2.05) is 0 Å². The smallest absolute Gasteiger partial charge is 0.273 e. The van der Waals surface area contributed by atoms with Gasteiger partial charge in [-0.05, 0) is 31.0 Å². The monoisotopic (exact) mass is 324 g/mol.